The highest BCUT2D eigenvalue weighted by Gasteiger charge is 2.26. The van der Waals surface area contributed by atoms with Crippen molar-refractivity contribution in [2.45, 2.75) is 26.4 Å². The highest BCUT2D eigenvalue weighted by molar-refractivity contribution is 6.32. The maximum absolute atomic E-state index is 11.5. The Hall–Kier alpha value is -1.66. The molecule has 20 heavy (non-hydrogen) atoms. The van der Waals surface area contributed by atoms with Gasteiger partial charge in [0.25, 0.3) is 0 Å². The molecule has 1 atom stereocenters. The molecule has 0 bridgehead atoms. The number of fused-ring (bicyclic) bond motifs is 1. The summed E-state index contributed by atoms with van der Waals surface area (Å²) in [6.45, 7) is 3.84. The lowest BCUT2D eigenvalue weighted by molar-refractivity contribution is -0.0618. The average molecular weight is 298 g/mol. The van der Waals surface area contributed by atoms with E-state index in [9.17, 15) is 4.79 Å². The van der Waals surface area contributed by atoms with E-state index in [-0.39, 0.29) is 6.10 Å². The van der Waals surface area contributed by atoms with E-state index in [0.29, 0.717) is 16.5 Å². The molecule has 108 valence electrons. The monoisotopic (exact) mass is 297 g/mol. The topological polar surface area (TPSA) is 63.5 Å². The van der Waals surface area contributed by atoms with Crippen molar-refractivity contribution >= 4 is 23.3 Å². The molecule has 0 aromatic heterocycles. The SMILES string of the molecule is CON(C)C(=O)/N=N/c1cc(C)c(Cl)c2c1OC(C)C2. The summed E-state index contributed by atoms with van der Waals surface area (Å²) in [7, 11) is 2.83. The lowest BCUT2D eigenvalue weighted by atomic mass is 10.1. The Morgan fingerprint density at radius 3 is 2.95 bits per heavy atom. The molecule has 1 aromatic rings. The number of hydroxylamine groups is 2. The third kappa shape index (κ3) is 2.76. The van der Waals surface area contributed by atoms with E-state index in [1.807, 2.05) is 13.8 Å². The molecule has 0 saturated heterocycles. The third-order valence-corrected chi connectivity index (χ3v) is 3.59. The van der Waals surface area contributed by atoms with E-state index in [1.54, 1.807) is 6.07 Å². The van der Waals surface area contributed by atoms with Crippen LogP contribution in [0, 0.1) is 6.92 Å². The molecule has 1 aliphatic heterocycles. The number of rotatable bonds is 2. The van der Waals surface area contributed by atoms with Gasteiger partial charge in [0.2, 0.25) is 0 Å². The molecule has 2 rings (SSSR count). The van der Waals surface area contributed by atoms with E-state index in [4.69, 9.17) is 21.2 Å². The van der Waals surface area contributed by atoms with Crippen LogP contribution in [0.1, 0.15) is 18.1 Å². The Bertz CT molecular complexity index is 574. The Kier molecular flexibility index (Phi) is 4.25. The first-order valence-electron chi connectivity index (χ1n) is 6.16. The normalized spacial score (nSPS) is 17.1. The smallest absolute Gasteiger partial charge is 0.385 e. The van der Waals surface area contributed by atoms with Gasteiger partial charge in [-0.3, -0.25) is 4.84 Å². The van der Waals surface area contributed by atoms with Crippen LogP contribution in [-0.2, 0) is 11.3 Å². The molecule has 0 saturated carbocycles. The number of amides is 2. The van der Waals surface area contributed by atoms with Gasteiger partial charge in [0.15, 0.2) is 5.75 Å². The molecule has 2 amide bonds. The second-order valence-corrected chi connectivity index (χ2v) is 5.01. The first kappa shape index (κ1) is 14.7. The molecule has 1 heterocycles. The van der Waals surface area contributed by atoms with Crippen molar-refractivity contribution in [3.63, 3.8) is 0 Å². The second-order valence-electron chi connectivity index (χ2n) is 4.63. The molecule has 0 aliphatic carbocycles. The van der Waals surface area contributed by atoms with Crippen LogP contribution in [0.3, 0.4) is 0 Å². The predicted molar refractivity (Wildman–Crippen MR) is 74.7 cm³/mol. The molecule has 1 aliphatic rings. The van der Waals surface area contributed by atoms with E-state index in [2.05, 4.69) is 10.2 Å². The summed E-state index contributed by atoms with van der Waals surface area (Å²) < 4.78 is 5.70. The number of hydrogen-bond donors (Lipinski definition) is 0. The minimum Gasteiger partial charge on any atom is -0.488 e. The molecular formula is C13H16ClN3O3. The quantitative estimate of drug-likeness (QED) is 0.618. The van der Waals surface area contributed by atoms with Crippen molar-refractivity contribution in [3.8, 4) is 5.75 Å². The lowest BCUT2D eigenvalue weighted by Gasteiger charge is -2.10. The van der Waals surface area contributed by atoms with Gasteiger partial charge in [0.1, 0.15) is 11.8 Å². The largest absolute Gasteiger partial charge is 0.488 e. The summed E-state index contributed by atoms with van der Waals surface area (Å²) in [6, 6.07) is 1.16. The number of halogens is 1. The third-order valence-electron chi connectivity index (χ3n) is 3.07. The average Bonchev–Trinajstić information content (AvgIpc) is 2.82. The number of aryl methyl sites for hydroxylation is 1. The number of nitrogens with zero attached hydrogens (tertiary/aromatic N) is 3. The van der Waals surface area contributed by atoms with Gasteiger partial charge in [-0.2, -0.15) is 0 Å². The van der Waals surface area contributed by atoms with E-state index < -0.39 is 6.03 Å². The molecule has 1 aromatic carbocycles. The Morgan fingerprint density at radius 2 is 2.30 bits per heavy atom. The molecular weight excluding hydrogens is 282 g/mol. The summed E-state index contributed by atoms with van der Waals surface area (Å²) in [6.07, 6.45) is 0.764. The molecule has 0 N–H and O–H groups in total. The summed E-state index contributed by atoms with van der Waals surface area (Å²) in [5.74, 6) is 0.602. The first-order chi connectivity index (χ1) is 9.43. The van der Waals surface area contributed by atoms with Gasteiger partial charge in [-0.15, -0.1) is 5.11 Å². The highest BCUT2D eigenvalue weighted by Crippen LogP contribution is 2.43. The van der Waals surface area contributed by atoms with Crippen LogP contribution >= 0.6 is 11.6 Å². The van der Waals surface area contributed by atoms with Gasteiger partial charge < -0.3 is 4.74 Å². The first-order valence-corrected chi connectivity index (χ1v) is 6.54. The Labute approximate surface area is 122 Å². The zero-order valence-corrected chi connectivity index (χ0v) is 12.6. The van der Waals surface area contributed by atoms with Crippen molar-refractivity contribution in [1.29, 1.82) is 0 Å². The van der Waals surface area contributed by atoms with Crippen LogP contribution in [-0.4, -0.2) is 31.4 Å². The number of benzene rings is 1. The number of carbonyl (C=O) groups excluding carboxylic acids is 1. The lowest BCUT2D eigenvalue weighted by Crippen LogP contribution is -2.21. The highest BCUT2D eigenvalue weighted by atomic mass is 35.5. The van der Waals surface area contributed by atoms with Gasteiger partial charge in [0.05, 0.1) is 12.1 Å². The number of urea groups is 1. The van der Waals surface area contributed by atoms with Crippen LogP contribution in [0.15, 0.2) is 16.3 Å². The minimum absolute atomic E-state index is 0.0376. The zero-order valence-electron chi connectivity index (χ0n) is 11.8. The van der Waals surface area contributed by atoms with Crippen LogP contribution in [0.5, 0.6) is 5.75 Å². The fraction of sp³-hybridized carbons (Fsp3) is 0.462. The maximum Gasteiger partial charge on any atom is 0.385 e. The molecule has 0 radical (unpaired) electrons. The number of carbonyl (C=O) groups is 1. The molecule has 0 spiro atoms. The van der Waals surface area contributed by atoms with Crippen LogP contribution in [0.25, 0.3) is 0 Å². The fourth-order valence-corrected chi connectivity index (χ4v) is 2.20. The summed E-state index contributed by atoms with van der Waals surface area (Å²) in [5, 5.41) is 9.22. The van der Waals surface area contributed by atoms with E-state index >= 15 is 0 Å². The van der Waals surface area contributed by atoms with Crippen molar-refractivity contribution in [3.05, 3.63) is 22.2 Å². The van der Waals surface area contributed by atoms with E-state index in [0.717, 1.165) is 22.6 Å². The van der Waals surface area contributed by atoms with Crippen LogP contribution in [0.4, 0.5) is 10.5 Å². The standard InChI is InChI=1S/C13H16ClN3O3/c1-7-5-10(15-16-13(18)17(3)19-4)12-9(11(7)14)6-8(2)20-12/h5,8H,6H2,1-4H3/b16-15+. The minimum atomic E-state index is -0.597. The Balaban J connectivity index is 2.35. The number of ether oxygens (including phenoxy) is 1. The van der Waals surface area contributed by atoms with Crippen LogP contribution < -0.4 is 4.74 Å². The predicted octanol–water partition coefficient (Wildman–Crippen LogP) is 3.67. The van der Waals surface area contributed by atoms with Gasteiger partial charge in [0, 0.05) is 19.0 Å². The van der Waals surface area contributed by atoms with Gasteiger partial charge in [-0.05, 0) is 25.5 Å². The van der Waals surface area contributed by atoms with Crippen molar-refractivity contribution in [1.82, 2.24) is 5.06 Å². The van der Waals surface area contributed by atoms with Crippen LogP contribution in [0.2, 0.25) is 5.02 Å². The summed E-state index contributed by atoms with van der Waals surface area (Å²) in [5.41, 5.74) is 2.30. The van der Waals surface area contributed by atoms with Gasteiger partial charge in [-0.25, -0.2) is 9.86 Å². The fourth-order valence-electron chi connectivity index (χ4n) is 1.98. The van der Waals surface area contributed by atoms with E-state index in [1.165, 1.54) is 14.2 Å². The zero-order chi connectivity index (χ0) is 14.9. The number of azo groups is 1. The van der Waals surface area contributed by atoms with Gasteiger partial charge in [-0.1, -0.05) is 16.7 Å². The van der Waals surface area contributed by atoms with Crippen molar-refractivity contribution in [2.24, 2.45) is 10.2 Å². The van der Waals surface area contributed by atoms with Crippen molar-refractivity contribution in [2.75, 3.05) is 14.2 Å². The Morgan fingerprint density at radius 1 is 1.60 bits per heavy atom. The second kappa shape index (κ2) is 5.76. The molecule has 7 heteroatoms. The molecule has 0 fully saturated rings. The van der Waals surface area contributed by atoms with Gasteiger partial charge >= 0.3 is 6.03 Å². The molecule has 1 unspecified atom stereocenters. The maximum atomic E-state index is 11.5. The summed E-state index contributed by atoms with van der Waals surface area (Å²) >= 11 is 6.26. The summed E-state index contributed by atoms with van der Waals surface area (Å²) in [4.78, 5) is 16.3. The van der Waals surface area contributed by atoms with Crippen molar-refractivity contribution < 1.29 is 14.4 Å². The molecule has 6 nitrogen and oxygen atoms in total. The number of hydrogen-bond acceptors (Lipinski definition) is 4.